The Kier molecular flexibility index (Phi) is 5.32. The van der Waals surface area contributed by atoms with Crippen LogP contribution in [0.4, 0.5) is 0 Å². The fourth-order valence-corrected chi connectivity index (χ4v) is 1.53. The molecule has 0 saturated heterocycles. The molecule has 1 atom stereocenters. The van der Waals surface area contributed by atoms with Crippen LogP contribution in [0.5, 0.6) is 0 Å². The molecule has 0 aromatic heterocycles. The lowest BCUT2D eigenvalue weighted by Crippen LogP contribution is -2.36. The van der Waals surface area contributed by atoms with Gasteiger partial charge in [-0.05, 0) is 19.4 Å². The van der Waals surface area contributed by atoms with Gasteiger partial charge in [0.15, 0.2) is 6.04 Å². The van der Waals surface area contributed by atoms with E-state index in [0.717, 1.165) is 5.56 Å². The summed E-state index contributed by atoms with van der Waals surface area (Å²) in [7, 11) is 0. The molecule has 1 rings (SSSR count). The van der Waals surface area contributed by atoms with Crippen LogP contribution in [0.15, 0.2) is 24.3 Å². The Balaban J connectivity index is 2.77. The van der Waals surface area contributed by atoms with Crippen molar-refractivity contribution < 1.29 is 19.4 Å². The van der Waals surface area contributed by atoms with Gasteiger partial charge in [-0.15, -0.1) is 0 Å². The average molecular weight is 251 g/mol. The number of hydrogen-bond donors (Lipinski definition) is 2. The lowest BCUT2D eigenvalue weighted by molar-refractivity contribution is -0.142. The van der Waals surface area contributed by atoms with Gasteiger partial charge in [-0.25, -0.2) is 4.79 Å². The molecule has 0 aliphatic rings. The number of nitrogens with one attached hydrogen (secondary N) is 1. The molecular formula is C13H17NO4. The molecule has 0 bridgehead atoms. The van der Waals surface area contributed by atoms with Crippen LogP contribution in [0.2, 0.25) is 0 Å². The van der Waals surface area contributed by atoms with Crippen LogP contribution in [-0.4, -0.2) is 30.2 Å². The van der Waals surface area contributed by atoms with E-state index in [9.17, 15) is 9.59 Å². The highest BCUT2D eigenvalue weighted by Gasteiger charge is 2.21. The summed E-state index contributed by atoms with van der Waals surface area (Å²) in [5.74, 6) is -1.53. The summed E-state index contributed by atoms with van der Waals surface area (Å²) in [6.45, 7) is 3.91. The van der Waals surface area contributed by atoms with Crippen LogP contribution in [0.1, 0.15) is 24.1 Å². The summed E-state index contributed by atoms with van der Waals surface area (Å²) < 4.78 is 4.93. The van der Waals surface area contributed by atoms with E-state index >= 15 is 0 Å². The van der Waals surface area contributed by atoms with Gasteiger partial charge in [0, 0.05) is 6.61 Å². The van der Waals surface area contributed by atoms with Gasteiger partial charge < -0.3 is 15.2 Å². The summed E-state index contributed by atoms with van der Waals surface area (Å²) in [5, 5.41) is 11.6. The SMILES string of the molecule is CCOCC(=O)N[C@@H](C(=O)O)c1cccc(C)c1. The van der Waals surface area contributed by atoms with Crippen molar-refractivity contribution in [1.29, 1.82) is 0 Å². The van der Waals surface area contributed by atoms with Crippen molar-refractivity contribution in [2.75, 3.05) is 13.2 Å². The first-order chi connectivity index (χ1) is 8.54. The van der Waals surface area contributed by atoms with Crippen molar-refractivity contribution in [2.24, 2.45) is 0 Å². The van der Waals surface area contributed by atoms with Crippen LogP contribution in [0, 0.1) is 6.92 Å². The van der Waals surface area contributed by atoms with Crippen molar-refractivity contribution in [1.82, 2.24) is 5.32 Å². The van der Waals surface area contributed by atoms with Crippen molar-refractivity contribution in [3.63, 3.8) is 0 Å². The zero-order chi connectivity index (χ0) is 13.5. The minimum atomic E-state index is -1.09. The van der Waals surface area contributed by atoms with E-state index in [1.54, 1.807) is 25.1 Å². The molecule has 0 heterocycles. The Morgan fingerprint density at radius 3 is 2.72 bits per heavy atom. The molecule has 0 aliphatic carbocycles. The lowest BCUT2D eigenvalue weighted by atomic mass is 10.0. The van der Waals surface area contributed by atoms with E-state index in [2.05, 4.69) is 5.32 Å². The zero-order valence-electron chi connectivity index (χ0n) is 10.5. The van der Waals surface area contributed by atoms with Gasteiger partial charge in [0.05, 0.1) is 0 Å². The maximum Gasteiger partial charge on any atom is 0.330 e. The molecule has 5 nitrogen and oxygen atoms in total. The predicted octanol–water partition coefficient (Wildman–Crippen LogP) is 1.27. The van der Waals surface area contributed by atoms with Crippen molar-refractivity contribution in [2.45, 2.75) is 19.9 Å². The standard InChI is InChI=1S/C13H17NO4/c1-3-18-8-11(15)14-12(13(16)17)10-6-4-5-9(2)7-10/h4-7,12H,3,8H2,1-2H3,(H,14,15)(H,16,17)/t12-/m1/s1. The Morgan fingerprint density at radius 1 is 1.44 bits per heavy atom. The monoisotopic (exact) mass is 251 g/mol. The number of hydrogen-bond acceptors (Lipinski definition) is 3. The molecule has 1 aromatic rings. The number of benzene rings is 1. The smallest absolute Gasteiger partial charge is 0.330 e. The number of rotatable bonds is 6. The number of carboxylic acid groups (broad SMARTS) is 1. The van der Waals surface area contributed by atoms with E-state index < -0.39 is 17.9 Å². The minimum Gasteiger partial charge on any atom is -0.479 e. The summed E-state index contributed by atoms with van der Waals surface area (Å²) in [6, 6.07) is 5.99. The molecule has 0 radical (unpaired) electrons. The molecule has 1 amide bonds. The number of carboxylic acids is 1. The molecular weight excluding hydrogens is 234 g/mol. The van der Waals surface area contributed by atoms with Crippen molar-refractivity contribution >= 4 is 11.9 Å². The maximum atomic E-state index is 11.5. The van der Waals surface area contributed by atoms with Gasteiger partial charge in [0.2, 0.25) is 5.91 Å². The molecule has 18 heavy (non-hydrogen) atoms. The quantitative estimate of drug-likeness (QED) is 0.798. The highest BCUT2D eigenvalue weighted by molar-refractivity contribution is 5.85. The van der Waals surface area contributed by atoms with Gasteiger partial charge in [-0.1, -0.05) is 29.8 Å². The first-order valence-corrected chi connectivity index (χ1v) is 5.71. The van der Waals surface area contributed by atoms with E-state index in [1.165, 1.54) is 0 Å². The van der Waals surface area contributed by atoms with Crippen LogP contribution in [-0.2, 0) is 14.3 Å². The van der Waals surface area contributed by atoms with E-state index in [1.807, 2.05) is 13.0 Å². The Hall–Kier alpha value is -1.88. The number of carbonyl (C=O) groups excluding carboxylic acids is 1. The normalized spacial score (nSPS) is 11.9. The number of ether oxygens (including phenoxy) is 1. The number of aliphatic carboxylic acids is 1. The average Bonchev–Trinajstić information content (AvgIpc) is 2.33. The maximum absolute atomic E-state index is 11.5. The van der Waals surface area contributed by atoms with Gasteiger partial charge in [-0.2, -0.15) is 0 Å². The van der Waals surface area contributed by atoms with Crippen LogP contribution >= 0.6 is 0 Å². The third-order valence-corrected chi connectivity index (χ3v) is 2.37. The zero-order valence-corrected chi connectivity index (χ0v) is 10.5. The first kappa shape index (κ1) is 14.2. The molecule has 2 N–H and O–H groups in total. The van der Waals surface area contributed by atoms with Gasteiger partial charge in [-0.3, -0.25) is 4.79 Å². The Labute approximate surface area is 106 Å². The van der Waals surface area contributed by atoms with Crippen LogP contribution in [0.3, 0.4) is 0 Å². The molecule has 0 spiro atoms. The number of amides is 1. The van der Waals surface area contributed by atoms with Crippen molar-refractivity contribution in [3.05, 3.63) is 35.4 Å². The molecule has 0 aliphatic heterocycles. The molecule has 0 fully saturated rings. The second kappa shape index (κ2) is 6.76. The van der Waals surface area contributed by atoms with E-state index in [-0.39, 0.29) is 6.61 Å². The molecule has 5 heteroatoms. The van der Waals surface area contributed by atoms with Gasteiger partial charge >= 0.3 is 5.97 Å². The number of aryl methyl sites for hydroxylation is 1. The van der Waals surface area contributed by atoms with Crippen LogP contribution in [0.25, 0.3) is 0 Å². The molecule has 1 aromatic carbocycles. The summed E-state index contributed by atoms with van der Waals surface area (Å²) >= 11 is 0. The number of carbonyl (C=O) groups is 2. The molecule has 0 saturated carbocycles. The summed E-state index contributed by atoms with van der Waals surface area (Å²) in [4.78, 5) is 22.6. The van der Waals surface area contributed by atoms with Gasteiger partial charge in [0.25, 0.3) is 0 Å². The summed E-state index contributed by atoms with van der Waals surface area (Å²) in [5.41, 5.74) is 1.49. The third kappa shape index (κ3) is 4.18. The fourth-order valence-electron chi connectivity index (χ4n) is 1.53. The molecule has 98 valence electrons. The van der Waals surface area contributed by atoms with Gasteiger partial charge in [0.1, 0.15) is 6.61 Å². The highest BCUT2D eigenvalue weighted by atomic mass is 16.5. The topological polar surface area (TPSA) is 75.6 Å². The summed E-state index contributed by atoms with van der Waals surface area (Å²) in [6.07, 6.45) is 0. The molecule has 0 unspecified atom stereocenters. The first-order valence-electron chi connectivity index (χ1n) is 5.71. The largest absolute Gasteiger partial charge is 0.479 e. The van der Waals surface area contributed by atoms with Crippen molar-refractivity contribution in [3.8, 4) is 0 Å². The minimum absolute atomic E-state index is 0.133. The second-order valence-electron chi connectivity index (χ2n) is 3.89. The highest BCUT2D eigenvalue weighted by Crippen LogP contribution is 2.14. The Morgan fingerprint density at radius 2 is 2.17 bits per heavy atom. The van der Waals surface area contributed by atoms with E-state index in [0.29, 0.717) is 12.2 Å². The lowest BCUT2D eigenvalue weighted by Gasteiger charge is -2.15. The van der Waals surface area contributed by atoms with E-state index in [4.69, 9.17) is 9.84 Å². The third-order valence-electron chi connectivity index (χ3n) is 2.37. The second-order valence-corrected chi connectivity index (χ2v) is 3.89. The fraction of sp³-hybridized carbons (Fsp3) is 0.385. The Bertz CT molecular complexity index is 431. The van der Waals surface area contributed by atoms with Crippen LogP contribution < -0.4 is 5.32 Å². The predicted molar refractivity (Wildman–Crippen MR) is 66.2 cm³/mol.